The highest BCUT2D eigenvalue weighted by Gasteiger charge is 2.59. The molecule has 2 aromatic rings. The summed E-state index contributed by atoms with van der Waals surface area (Å²) < 4.78 is 35.6. The zero-order valence-corrected chi connectivity index (χ0v) is 21.9. The molecule has 0 saturated carbocycles. The summed E-state index contributed by atoms with van der Waals surface area (Å²) in [5.41, 5.74) is -0.670. The summed E-state index contributed by atoms with van der Waals surface area (Å²) in [6.07, 6.45) is 0.777. The van der Waals surface area contributed by atoms with Gasteiger partial charge >= 0.3 is 5.97 Å². The van der Waals surface area contributed by atoms with Crippen LogP contribution in [0.25, 0.3) is 0 Å². The summed E-state index contributed by atoms with van der Waals surface area (Å²) in [6, 6.07) is 17.5. The third-order valence-electron chi connectivity index (χ3n) is 6.08. The molecule has 1 fully saturated rings. The molecule has 0 radical (unpaired) electrons. The number of carbonyl (C=O) groups excluding carboxylic acids is 4. The largest absolute Gasteiger partial charge is 0.464 e. The van der Waals surface area contributed by atoms with Gasteiger partial charge in [-0.2, -0.15) is 8.42 Å². The van der Waals surface area contributed by atoms with Crippen LogP contribution in [-0.2, 0) is 34.0 Å². The quantitative estimate of drug-likeness (QED) is 0.221. The minimum Gasteiger partial charge on any atom is -0.464 e. The molecule has 1 aliphatic heterocycles. The normalized spacial score (nSPS) is 15.0. The van der Waals surface area contributed by atoms with Gasteiger partial charge in [0.05, 0.1) is 23.5 Å². The highest BCUT2D eigenvalue weighted by Crippen LogP contribution is 2.42. The van der Waals surface area contributed by atoms with E-state index in [0.29, 0.717) is 24.2 Å². The van der Waals surface area contributed by atoms with E-state index in [-0.39, 0.29) is 25.8 Å². The lowest BCUT2D eigenvalue weighted by molar-refractivity contribution is -0.153. The van der Waals surface area contributed by atoms with Crippen molar-refractivity contribution in [1.29, 1.82) is 0 Å². The van der Waals surface area contributed by atoms with Gasteiger partial charge in [0.2, 0.25) is 5.91 Å². The smallest absolute Gasteiger partial charge is 0.306 e. The Hall–Kier alpha value is -3.77. The maximum atomic E-state index is 13.9. The Kier molecular flexibility index (Phi) is 9.59. The van der Waals surface area contributed by atoms with Crippen LogP contribution in [0, 0.1) is 5.41 Å². The van der Waals surface area contributed by atoms with E-state index in [1.54, 1.807) is 60.7 Å². The molecule has 0 bridgehead atoms. The summed E-state index contributed by atoms with van der Waals surface area (Å²) in [5.74, 6) is -3.06. The summed E-state index contributed by atoms with van der Waals surface area (Å²) in [7, 11) is -4.22. The minimum atomic E-state index is -4.22. The Balaban J connectivity index is 1.78. The van der Waals surface area contributed by atoms with Gasteiger partial charge < -0.3 is 10.1 Å². The van der Waals surface area contributed by atoms with Crippen LogP contribution in [0.15, 0.2) is 60.7 Å². The van der Waals surface area contributed by atoms with Gasteiger partial charge in [0.1, 0.15) is 6.61 Å². The molecule has 1 heterocycles. The van der Waals surface area contributed by atoms with Gasteiger partial charge in [0, 0.05) is 13.0 Å². The fraction of sp³-hybridized carbons (Fsp3) is 0.385. The highest BCUT2D eigenvalue weighted by atomic mass is 32.2. The Morgan fingerprint density at radius 3 is 1.92 bits per heavy atom. The molecule has 3 rings (SSSR count). The van der Waals surface area contributed by atoms with Crippen LogP contribution in [0.5, 0.6) is 0 Å². The van der Waals surface area contributed by atoms with E-state index >= 15 is 0 Å². The summed E-state index contributed by atoms with van der Waals surface area (Å²) in [5, 5.41) is 4.90. The molecular weight excluding hydrogens is 514 g/mol. The molecule has 3 amide bonds. The van der Waals surface area contributed by atoms with Crippen LogP contribution in [0.4, 0.5) is 11.4 Å². The van der Waals surface area contributed by atoms with Gasteiger partial charge in [-0.05, 0) is 30.7 Å². The van der Waals surface area contributed by atoms with Crippen molar-refractivity contribution in [3.05, 3.63) is 60.7 Å². The second kappa shape index (κ2) is 12.7. The van der Waals surface area contributed by atoms with Crippen molar-refractivity contribution in [2.45, 2.75) is 39.0 Å². The number of hydrazine groups is 1. The number of esters is 1. The third kappa shape index (κ3) is 6.95. The standard InChI is InChI=1S/C26H31N3O8S/c1-2-3-16-26(19-37-23(31)15-14-22(30)27-17-18-38(34,35)36)24(32)28(20-10-6-4-7-11-20)29(25(26)33)21-12-8-5-9-13-21/h4-13H,2-3,14-19H2,1H3,(H,27,30)(H,34,35,36). The number of unbranched alkanes of at least 4 members (excludes halogenated alkanes) is 1. The Morgan fingerprint density at radius 1 is 0.921 bits per heavy atom. The SMILES string of the molecule is CCCCC1(COC(=O)CCC(=O)NCCS(=O)(=O)O)C(=O)N(c2ccccc2)N(c2ccccc2)C1=O. The van der Waals surface area contributed by atoms with E-state index in [0.717, 1.165) is 0 Å². The van der Waals surface area contributed by atoms with Gasteiger partial charge in [-0.3, -0.25) is 23.7 Å². The number of nitrogens with zero attached hydrogens (tertiary/aromatic N) is 2. The molecule has 1 aliphatic rings. The topological polar surface area (TPSA) is 150 Å². The predicted octanol–water partition coefficient (Wildman–Crippen LogP) is 2.49. The van der Waals surface area contributed by atoms with Gasteiger partial charge in [-0.15, -0.1) is 0 Å². The van der Waals surface area contributed by atoms with Crippen molar-refractivity contribution < 1.29 is 36.9 Å². The lowest BCUT2D eigenvalue weighted by Crippen LogP contribution is -2.42. The van der Waals surface area contributed by atoms with E-state index in [2.05, 4.69) is 5.32 Å². The number of para-hydroxylation sites is 2. The fourth-order valence-electron chi connectivity index (χ4n) is 4.07. The van der Waals surface area contributed by atoms with Crippen molar-refractivity contribution in [2.75, 3.05) is 28.9 Å². The van der Waals surface area contributed by atoms with Gasteiger partial charge in [0.25, 0.3) is 21.9 Å². The Labute approximate surface area is 221 Å². The monoisotopic (exact) mass is 545 g/mol. The fourth-order valence-corrected chi connectivity index (χ4v) is 4.43. The first-order valence-corrected chi connectivity index (χ1v) is 13.9. The zero-order chi connectivity index (χ0) is 27.8. The molecule has 0 spiro atoms. The maximum absolute atomic E-state index is 13.9. The van der Waals surface area contributed by atoms with E-state index in [9.17, 15) is 27.6 Å². The number of anilines is 2. The van der Waals surface area contributed by atoms with Crippen molar-refractivity contribution in [3.8, 4) is 0 Å². The number of benzene rings is 2. The number of nitrogens with one attached hydrogen (secondary N) is 1. The summed E-state index contributed by atoms with van der Waals surface area (Å²) >= 11 is 0. The number of amides is 3. The van der Waals surface area contributed by atoms with E-state index in [4.69, 9.17) is 9.29 Å². The minimum absolute atomic E-state index is 0.164. The Morgan fingerprint density at radius 2 is 1.45 bits per heavy atom. The Bertz CT molecular complexity index is 1190. The average Bonchev–Trinajstić information content (AvgIpc) is 3.11. The van der Waals surface area contributed by atoms with Crippen molar-refractivity contribution in [1.82, 2.24) is 5.32 Å². The number of ether oxygens (including phenoxy) is 1. The van der Waals surface area contributed by atoms with Crippen LogP contribution < -0.4 is 15.3 Å². The first-order chi connectivity index (χ1) is 18.1. The molecule has 1 saturated heterocycles. The molecule has 2 aromatic carbocycles. The molecule has 0 aliphatic carbocycles. The van der Waals surface area contributed by atoms with Gasteiger partial charge in [0.15, 0.2) is 5.41 Å². The van der Waals surface area contributed by atoms with Gasteiger partial charge in [-0.1, -0.05) is 56.2 Å². The van der Waals surface area contributed by atoms with Crippen LogP contribution in [0.1, 0.15) is 39.0 Å². The maximum Gasteiger partial charge on any atom is 0.306 e. The first kappa shape index (κ1) is 28.8. The van der Waals surface area contributed by atoms with Crippen molar-refractivity contribution in [2.24, 2.45) is 5.41 Å². The van der Waals surface area contributed by atoms with E-state index in [1.807, 2.05) is 6.92 Å². The molecule has 11 nitrogen and oxygen atoms in total. The average molecular weight is 546 g/mol. The van der Waals surface area contributed by atoms with E-state index < -0.39 is 51.6 Å². The molecule has 0 unspecified atom stereocenters. The molecule has 0 aromatic heterocycles. The van der Waals surface area contributed by atoms with E-state index in [1.165, 1.54) is 10.0 Å². The summed E-state index contributed by atoms with van der Waals surface area (Å²) in [6.45, 7) is 1.13. The summed E-state index contributed by atoms with van der Waals surface area (Å²) in [4.78, 5) is 52.3. The molecule has 204 valence electrons. The van der Waals surface area contributed by atoms with Crippen LogP contribution in [0.2, 0.25) is 0 Å². The zero-order valence-electron chi connectivity index (χ0n) is 21.0. The van der Waals surface area contributed by atoms with Crippen molar-refractivity contribution >= 4 is 45.2 Å². The lowest BCUT2D eigenvalue weighted by atomic mass is 9.82. The molecule has 38 heavy (non-hydrogen) atoms. The van der Waals surface area contributed by atoms with Crippen LogP contribution >= 0.6 is 0 Å². The molecule has 12 heteroatoms. The number of carbonyl (C=O) groups is 4. The highest BCUT2D eigenvalue weighted by molar-refractivity contribution is 7.85. The van der Waals surface area contributed by atoms with Crippen LogP contribution in [0.3, 0.4) is 0 Å². The third-order valence-corrected chi connectivity index (χ3v) is 6.80. The van der Waals surface area contributed by atoms with Gasteiger partial charge in [-0.25, -0.2) is 10.0 Å². The lowest BCUT2D eigenvalue weighted by Gasteiger charge is -2.27. The first-order valence-electron chi connectivity index (χ1n) is 12.3. The van der Waals surface area contributed by atoms with Crippen LogP contribution in [-0.4, -0.2) is 55.6 Å². The molecule has 2 N–H and O–H groups in total. The number of hydrogen-bond donors (Lipinski definition) is 2. The van der Waals surface area contributed by atoms with Crippen molar-refractivity contribution in [3.63, 3.8) is 0 Å². The molecular formula is C26H31N3O8S. The molecule has 0 atom stereocenters. The predicted molar refractivity (Wildman–Crippen MR) is 139 cm³/mol. The number of hydrogen-bond acceptors (Lipinski definition) is 7. The second-order valence-electron chi connectivity index (χ2n) is 8.89. The number of rotatable bonds is 13. The second-order valence-corrected chi connectivity index (χ2v) is 10.5.